The zero-order valence-electron chi connectivity index (χ0n) is 13.0. The number of anilines is 1. The van der Waals surface area contributed by atoms with Crippen LogP contribution in [0, 0.1) is 10.1 Å². The number of hydrogen-bond donors (Lipinski definition) is 1. The van der Waals surface area contributed by atoms with Crippen LogP contribution in [0.4, 0.5) is 20.2 Å². The minimum atomic E-state index is -3.22. The summed E-state index contributed by atoms with van der Waals surface area (Å²) < 4.78 is 33.9. The number of benzene rings is 2. The molecule has 0 aliphatic carbocycles. The molecule has 26 heavy (non-hydrogen) atoms. The number of nitro benzene ring substituents is 1. The standard InChI is InChI=1S/C15H10Cl2F2N2O5/c1-25-12-5-8(11(21(23)24)6-13(12)26-15(18)19)14(22)20-7-2-3-9(16)10(17)4-7/h2-6,15H,1H3,(H,20,22). The normalized spacial score (nSPS) is 10.5. The smallest absolute Gasteiger partial charge is 0.387 e. The lowest BCUT2D eigenvalue weighted by molar-refractivity contribution is -0.385. The topological polar surface area (TPSA) is 90.7 Å². The van der Waals surface area contributed by atoms with E-state index in [-0.39, 0.29) is 21.5 Å². The van der Waals surface area contributed by atoms with Crippen LogP contribution >= 0.6 is 23.2 Å². The number of rotatable bonds is 6. The highest BCUT2D eigenvalue weighted by molar-refractivity contribution is 6.42. The Bertz CT molecular complexity index is 864. The average Bonchev–Trinajstić information content (AvgIpc) is 2.57. The van der Waals surface area contributed by atoms with Gasteiger partial charge in [0.15, 0.2) is 11.5 Å². The van der Waals surface area contributed by atoms with Gasteiger partial charge in [-0.25, -0.2) is 0 Å². The van der Waals surface area contributed by atoms with E-state index in [1.54, 1.807) is 0 Å². The van der Waals surface area contributed by atoms with E-state index in [1.165, 1.54) is 18.2 Å². The summed E-state index contributed by atoms with van der Waals surface area (Å²) in [6.45, 7) is -3.22. The fourth-order valence-corrected chi connectivity index (χ4v) is 2.30. The molecule has 0 saturated carbocycles. The van der Waals surface area contributed by atoms with E-state index in [4.69, 9.17) is 27.9 Å². The van der Waals surface area contributed by atoms with E-state index in [0.717, 1.165) is 13.2 Å². The number of halogens is 4. The third-order valence-electron chi connectivity index (χ3n) is 3.12. The van der Waals surface area contributed by atoms with Crippen molar-refractivity contribution in [1.29, 1.82) is 0 Å². The van der Waals surface area contributed by atoms with Crippen molar-refractivity contribution < 1.29 is 28.0 Å². The highest BCUT2D eigenvalue weighted by Gasteiger charge is 2.26. The summed E-state index contributed by atoms with van der Waals surface area (Å²) >= 11 is 11.6. The number of ether oxygens (including phenoxy) is 2. The van der Waals surface area contributed by atoms with Crippen LogP contribution < -0.4 is 14.8 Å². The molecular formula is C15H10Cl2F2N2O5. The van der Waals surface area contributed by atoms with Gasteiger partial charge in [0.2, 0.25) is 0 Å². The van der Waals surface area contributed by atoms with Gasteiger partial charge in [0.05, 0.1) is 28.1 Å². The molecule has 0 radical (unpaired) electrons. The quantitative estimate of drug-likeness (QED) is 0.551. The summed E-state index contributed by atoms with van der Waals surface area (Å²) in [6.07, 6.45) is 0. The molecule has 1 amide bonds. The van der Waals surface area contributed by atoms with Crippen molar-refractivity contribution >= 4 is 40.5 Å². The van der Waals surface area contributed by atoms with Crippen molar-refractivity contribution in [2.75, 3.05) is 12.4 Å². The van der Waals surface area contributed by atoms with Crippen LogP contribution in [0.15, 0.2) is 30.3 Å². The fraction of sp³-hybridized carbons (Fsp3) is 0.133. The molecule has 1 N–H and O–H groups in total. The van der Waals surface area contributed by atoms with E-state index >= 15 is 0 Å². The van der Waals surface area contributed by atoms with Crippen molar-refractivity contribution in [1.82, 2.24) is 0 Å². The molecule has 0 heterocycles. The lowest BCUT2D eigenvalue weighted by atomic mass is 10.1. The second-order valence-electron chi connectivity index (χ2n) is 4.74. The van der Waals surface area contributed by atoms with Crippen LogP contribution in [-0.4, -0.2) is 24.6 Å². The molecule has 0 atom stereocenters. The lowest BCUT2D eigenvalue weighted by Gasteiger charge is -2.12. The van der Waals surface area contributed by atoms with Gasteiger partial charge in [-0.15, -0.1) is 0 Å². The Morgan fingerprint density at radius 3 is 2.42 bits per heavy atom. The van der Waals surface area contributed by atoms with Gasteiger partial charge < -0.3 is 14.8 Å². The average molecular weight is 407 g/mol. The highest BCUT2D eigenvalue weighted by Crippen LogP contribution is 2.36. The Balaban J connectivity index is 2.44. The van der Waals surface area contributed by atoms with Gasteiger partial charge in [0.1, 0.15) is 5.56 Å². The van der Waals surface area contributed by atoms with Crippen molar-refractivity contribution in [2.24, 2.45) is 0 Å². The summed E-state index contributed by atoms with van der Waals surface area (Å²) in [7, 11) is 1.14. The van der Waals surface area contributed by atoms with E-state index in [9.17, 15) is 23.7 Å². The van der Waals surface area contributed by atoms with Crippen molar-refractivity contribution in [2.45, 2.75) is 6.61 Å². The SMILES string of the molecule is COc1cc(C(=O)Nc2ccc(Cl)c(Cl)c2)c([N+](=O)[O-])cc1OC(F)F. The van der Waals surface area contributed by atoms with E-state index < -0.39 is 34.4 Å². The summed E-state index contributed by atoms with van der Waals surface area (Å²) in [5, 5.41) is 14.0. The van der Waals surface area contributed by atoms with E-state index in [0.29, 0.717) is 6.07 Å². The van der Waals surface area contributed by atoms with Crippen LogP contribution in [0.5, 0.6) is 11.5 Å². The second-order valence-corrected chi connectivity index (χ2v) is 5.55. The molecule has 11 heteroatoms. The number of hydrogen-bond acceptors (Lipinski definition) is 5. The van der Waals surface area contributed by atoms with Crippen molar-refractivity contribution in [3.8, 4) is 11.5 Å². The predicted molar refractivity (Wildman–Crippen MR) is 90.7 cm³/mol. The van der Waals surface area contributed by atoms with Crippen LogP contribution in [0.2, 0.25) is 10.0 Å². The molecule has 0 aliphatic rings. The van der Waals surface area contributed by atoms with Gasteiger partial charge in [-0.3, -0.25) is 14.9 Å². The zero-order valence-corrected chi connectivity index (χ0v) is 14.5. The van der Waals surface area contributed by atoms with Crippen molar-refractivity contribution in [3.63, 3.8) is 0 Å². The summed E-state index contributed by atoms with van der Waals surface area (Å²) in [5.74, 6) is -1.72. The predicted octanol–water partition coefficient (Wildman–Crippen LogP) is 4.76. The van der Waals surface area contributed by atoms with Crippen molar-refractivity contribution in [3.05, 3.63) is 56.1 Å². The summed E-state index contributed by atoms with van der Waals surface area (Å²) in [5.41, 5.74) is -0.927. The Hall–Kier alpha value is -2.65. The van der Waals surface area contributed by atoms with Crippen LogP contribution in [-0.2, 0) is 0 Å². The molecule has 7 nitrogen and oxygen atoms in total. The summed E-state index contributed by atoms with van der Waals surface area (Å²) in [4.78, 5) is 22.7. The Kier molecular flexibility index (Phi) is 6.17. The first-order valence-corrected chi connectivity index (χ1v) is 7.56. The maximum atomic E-state index is 12.4. The first-order valence-electron chi connectivity index (χ1n) is 6.80. The van der Waals surface area contributed by atoms with E-state index in [1.807, 2.05) is 0 Å². The molecule has 0 fully saturated rings. The number of carbonyl (C=O) groups excluding carboxylic acids is 1. The van der Waals surface area contributed by atoms with Gasteiger partial charge in [-0.05, 0) is 18.2 Å². The van der Waals surface area contributed by atoms with Gasteiger partial charge >= 0.3 is 6.61 Å². The highest BCUT2D eigenvalue weighted by atomic mass is 35.5. The number of amides is 1. The molecular weight excluding hydrogens is 397 g/mol. The van der Waals surface area contributed by atoms with E-state index in [2.05, 4.69) is 10.1 Å². The maximum Gasteiger partial charge on any atom is 0.387 e. The molecule has 2 aromatic rings. The van der Waals surface area contributed by atoms with Gasteiger partial charge in [0.25, 0.3) is 11.6 Å². The zero-order chi connectivity index (χ0) is 19.4. The molecule has 0 unspecified atom stereocenters. The Morgan fingerprint density at radius 1 is 1.19 bits per heavy atom. The molecule has 0 spiro atoms. The molecule has 0 bridgehead atoms. The lowest BCUT2D eigenvalue weighted by Crippen LogP contribution is -2.15. The van der Waals surface area contributed by atoms with Gasteiger partial charge in [-0.2, -0.15) is 8.78 Å². The molecule has 0 aliphatic heterocycles. The van der Waals surface area contributed by atoms with Crippen LogP contribution in [0.25, 0.3) is 0 Å². The molecule has 0 saturated heterocycles. The first kappa shape index (κ1) is 19.7. The fourth-order valence-electron chi connectivity index (χ4n) is 2.00. The number of methoxy groups -OCH3 is 1. The third-order valence-corrected chi connectivity index (χ3v) is 3.86. The first-order chi connectivity index (χ1) is 12.2. The Morgan fingerprint density at radius 2 is 1.88 bits per heavy atom. The number of alkyl halides is 2. The maximum absolute atomic E-state index is 12.4. The monoisotopic (exact) mass is 406 g/mol. The largest absolute Gasteiger partial charge is 0.493 e. The number of carbonyl (C=O) groups is 1. The molecule has 0 aromatic heterocycles. The number of nitrogens with one attached hydrogen (secondary N) is 1. The minimum Gasteiger partial charge on any atom is -0.493 e. The number of nitro groups is 1. The minimum absolute atomic E-state index is 0.164. The Labute approximate surface area is 155 Å². The summed E-state index contributed by atoms with van der Waals surface area (Å²) in [6, 6.07) is 5.83. The molecule has 2 rings (SSSR count). The number of nitrogens with zero attached hydrogens (tertiary/aromatic N) is 1. The molecule has 138 valence electrons. The van der Waals surface area contributed by atoms with Crippen LogP contribution in [0.1, 0.15) is 10.4 Å². The van der Waals surface area contributed by atoms with Gasteiger partial charge in [-0.1, -0.05) is 23.2 Å². The van der Waals surface area contributed by atoms with Gasteiger partial charge in [0, 0.05) is 11.8 Å². The third kappa shape index (κ3) is 4.50. The molecule has 2 aromatic carbocycles. The van der Waals surface area contributed by atoms with Crippen LogP contribution in [0.3, 0.4) is 0 Å². The second kappa shape index (κ2) is 8.15.